The molecule has 0 saturated carbocycles. The van der Waals surface area contributed by atoms with Crippen molar-refractivity contribution in [3.8, 4) is 11.5 Å². The monoisotopic (exact) mass is 317 g/mol. The Hall–Kier alpha value is -0.780. The van der Waals surface area contributed by atoms with Crippen molar-refractivity contribution >= 4 is 15.9 Å². The van der Waals surface area contributed by atoms with Gasteiger partial charge < -0.3 is 20.3 Å². The van der Waals surface area contributed by atoms with Gasteiger partial charge in [-0.15, -0.1) is 0 Å². The van der Waals surface area contributed by atoms with Crippen LogP contribution in [0.3, 0.4) is 0 Å². The summed E-state index contributed by atoms with van der Waals surface area (Å²) >= 11 is 3.37. The summed E-state index contributed by atoms with van der Waals surface area (Å²) in [7, 11) is 1.52. The minimum absolute atomic E-state index is 0.157. The molecule has 3 N–H and O–H groups in total. The van der Waals surface area contributed by atoms with Crippen LogP contribution in [0.25, 0.3) is 0 Å². The number of aliphatic hydroxyl groups excluding tert-OH is 1. The third-order valence-electron chi connectivity index (χ3n) is 2.78. The Morgan fingerprint density at radius 1 is 1.44 bits per heavy atom. The zero-order valence-electron chi connectivity index (χ0n) is 10.7. The van der Waals surface area contributed by atoms with Crippen LogP contribution < -0.4 is 10.1 Å². The lowest BCUT2D eigenvalue weighted by atomic mass is 10.1. The highest BCUT2D eigenvalue weighted by molar-refractivity contribution is 9.10. The molecule has 0 radical (unpaired) electrons. The number of rotatable bonds is 7. The first-order chi connectivity index (χ1) is 8.58. The van der Waals surface area contributed by atoms with E-state index in [4.69, 9.17) is 4.74 Å². The number of aliphatic hydroxyl groups is 1. The van der Waals surface area contributed by atoms with E-state index in [2.05, 4.69) is 21.2 Å². The van der Waals surface area contributed by atoms with Gasteiger partial charge in [-0.1, -0.05) is 22.9 Å². The fraction of sp³-hybridized carbons (Fsp3) is 0.538. The van der Waals surface area contributed by atoms with Gasteiger partial charge in [0, 0.05) is 16.6 Å². The Bertz CT molecular complexity index is 385. The summed E-state index contributed by atoms with van der Waals surface area (Å²) in [4.78, 5) is 0. The molecule has 0 amide bonds. The molecule has 1 unspecified atom stereocenters. The van der Waals surface area contributed by atoms with Crippen LogP contribution in [0.5, 0.6) is 11.5 Å². The molecule has 102 valence electrons. The zero-order chi connectivity index (χ0) is 13.5. The van der Waals surface area contributed by atoms with Crippen LogP contribution in [0.2, 0.25) is 0 Å². The van der Waals surface area contributed by atoms with Crippen molar-refractivity contribution in [2.75, 3.05) is 13.7 Å². The maximum absolute atomic E-state index is 9.93. The number of hydrogen-bond donors (Lipinski definition) is 3. The van der Waals surface area contributed by atoms with Crippen molar-refractivity contribution in [3.05, 3.63) is 22.2 Å². The summed E-state index contributed by atoms with van der Waals surface area (Å²) < 4.78 is 5.94. The standard InChI is InChI=1S/C13H20BrNO3/c1-3-11(16)4-5-15-8-9-6-10(14)7-12(18-2)13(9)17/h6-7,11,15-17H,3-5,8H2,1-2H3. The van der Waals surface area contributed by atoms with Crippen LogP contribution in [-0.2, 0) is 6.54 Å². The lowest BCUT2D eigenvalue weighted by molar-refractivity contribution is 0.159. The molecule has 0 heterocycles. The average Bonchev–Trinajstić information content (AvgIpc) is 2.37. The van der Waals surface area contributed by atoms with Crippen LogP contribution in [0, 0.1) is 0 Å². The van der Waals surface area contributed by atoms with E-state index in [1.165, 1.54) is 7.11 Å². The Labute approximate surface area is 116 Å². The van der Waals surface area contributed by atoms with Crippen LogP contribution in [0.4, 0.5) is 0 Å². The third kappa shape index (κ3) is 4.48. The molecular weight excluding hydrogens is 298 g/mol. The molecule has 18 heavy (non-hydrogen) atoms. The van der Waals surface area contributed by atoms with E-state index in [-0.39, 0.29) is 11.9 Å². The van der Waals surface area contributed by atoms with Crippen molar-refractivity contribution in [2.24, 2.45) is 0 Å². The molecule has 0 aromatic heterocycles. The smallest absolute Gasteiger partial charge is 0.162 e. The minimum atomic E-state index is -0.261. The fourth-order valence-electron chi connectivity index (χ4n) is 1.61. The quantitative estimate of drug-likeness (QED) is 0.676. The highest BCUT2D eigenvalue weighted by Gasteiger charge is 2.09. The number of phenols is 1. The van der Waals surface area contributed by atoms with Gasteiger partial charge in [0.2, 0.25) is 0 Å². The summed E-state index contributed by atoms with van der Waals surface area (Å²) in [5.74, 6) is 0.610. The zero-order valence-corrected chi connectivity index (χ0v) is 12.3. The van der Waals surface area contributed by atoms with E-state index in [0.29, 0.717) is 25.3 Å². The third-order valence-corrected chi connectivity index (χ3v) is 3.24. The topological polar surface area (TPSA) is 61.7 Å². The van der Waals surface area contributed by atoms with Gasteiger partial charge in [-0.05, 0) is 31.5 Å². The summed E-state index contributed by atoms with van der Waals surface area (Å²) in [6, 6.07) is 3.57. The second kappa shape index (κ2) is 7.61. The van der Waals surface area contributed by atoms with Crippen LogP contribution in [0.15, 0.2) is 16.6 Å². The van der Waals surface area contributed by atoms with Gasteiger partial charge >= 0.3 is 0 Å². The molecule has 1 atom stereocenters. The van der Waals surface area contributed by atoms with Gasteiger partial charge in [0.1, 0.15) is 0 Å². The number of aromatic hydroxyl groups is 1. The Morgan fingerprint density at radius 2 is 2.17 bits per heavy atom. The molecule has 1 aromatic rings. The largest absolute Gasteiger partial charge is 0.504 e. The van der Waals surface area contributed by atoms with Gasteiger partial charge in [0.15, 0.2) is 11.5 Å². The molecule has 0 saturated heterocycles. The fourth-order valence-corrected chi connectivity index (χ4v) is 2.10. The number of ether oxygens (including phenoxy) is 1. The highest BCUT2D eigenvalue weighted by atomic mass is 79.9. The van der Waals surface area contributed by atoms with Gasteiger partial charge in [-0.3, -0.25) is 0 Å². The molecule has 5 heteroatoms. The van der Waals surface area contributed by atoms with Crippen molar-refractivity contribution in [1.29, 1.82) is 0 Å². The maximum atomic E-state index is 9.93. The van der Waals surface area contributed by atoms with Gasteiger partial charge in [0.25, 0.3) is 0 Å². The molecule has 0 bridgehead atoms. The summed E-state index contributed by atoms with van der Waals surface area (Å²) in [6.07, 6.45) is 1.21. The molecule has 1 aromatic carbocycles. The number of halogens is 1. The average molecular weight is 318 g/mol. The van der Waals surface area contributed by atoms with E-state index in [1.54, 1.807) is 6.07 Å². The molecule has 0 fully saturated rings. The first kappa shape index (κ1) is 15.3. The first-order valence-electron chi connectivity index (χ1n) is 6.02. The lowest BCUT2D eigenvalue weighted by Gasteiger charge is -2.12. The number of hydrogen-bond acceptors (Lipinski definition) is 4. The number of methoxy groups -OCH3 is 1. The highest BCUT2D eigenvalue weighted by Crippen LogP contribution is 2.33. The molecule has 1 rings (SSSR count). The van der Waals surface area contributed by atoms with E-state index in [0.717, 1.165) is 16.5 Å². The van der Waals surface area contributed by atoms with E-state index >= 15 is 0 Å². The van der Waals surface area contributed by atoms with E-state index < -0.39 is 0 Å². The maximum Gasteiger partial charge on any atom is 0.162 e. The Balaban J connectivity index is 2.54. The van der Waals surface area contributed by atoms with Gasteiger partial charge in [0.05, 0.1) is 13.2 Å². The van der Waals surface area contributed by atoms with Gasteiger partial charge in [-0.2, -0.15) is 0 Å². The molecule has 0 aliphatic carbocycles. The summed E-state index contributed by atoms with van der Waals surface area (Å²) in [5.41, 5.74) is 0.771. The normalized spacial score (nSPS) is 12.4. The SMILES string of the molecule is CCC(O)CCNCc1cc(Br)cc(OC)c1O. The summed E-state index contributed by atoms with van der Waals surface area (Å²) in [5, 5.41) is 22.5. The van der Waals surface area contributed by atoms with Crippen LogP contribution >= 0.6 is 15.9 Å². The predicted molar refractivity (Wildman–Crippen MR) is 75.0 cm³/mol. The molecule has 0 spiro atoms. The number of phenolic OH excluding ortho intramolecular Hbond substituents is 1. The number of nitrogens with one attached hydrogen (secondary N) is 1. The first-order valence-corrected chi connectivity index (χ1v) is 6.82. The predicted octanol–water partition coefficient (Wildman–Crippen LogP) is 2.41. The molecule has 4 nitrogen and oxygen atoms in total. The lowest BCUT2D eigenvalue weighted by Crippen LogP contribution is -2.19. The molecule has 0 aliphatic rings. The Kier molecular flexibility index (Phi) is 6.46. The van der Waals surface area contributed by atoms with Crippen LogP contribution in [-0.4, -0.2) is 30.0 Å². The molecule has 0 aliphatic heterocycles. The summed E-state index contributed by atoms with van der Waals surface area (Å²) in [6.45, 7) is 3.21. The van der Waals surface area contributed by atoms with E-state index in [9.17, 15) is 10.2 Å². The Morgan fingerprint density at radius 3 is 2.78 bits per heavy atom. The van der Waals surface area contributed by atoms with Crippen molar-refractivity contribution in [1.82, 2.24) is 5.32 Å². The second-order valence-corrected chi connectivity index (χ2v) is 5.06. The second-order valence-electron chi connectivity index (χ2n) is 4.14. The van der Waals surface area contributed by atoms with Crippen LogP contribution in [0.1, 0.15) is 25.3 Å². The van der Waals surface area contributed by atoms with Crippen molar-refractivity contribution in [2.45, 2.75) is 32.4 Å². The van der Waals surface area contributed by atoms with E-state index in [1.807, 2.05) is 13.0 Å². The minimum Gasteiger partial charge on any atom is -0.504 e. The number of benzene rings is 1. The van der Waals surface area contributed by atoms with Crippen molar-refractivity contribution < 1.29 is 14.9 Å². The van der Waals surface area contributed by atoms with Crippen molar-refractivity contribution in [3.63, 3.8) is 0 Å². The molecular formula is C13H20BrNO3. The van der Waals surface area contributed by atoms with Gasteiger partial charge in [-0.25, -0.2) is 0 Å².